The molecule has 4 rings (SSSR count). The average Bonchev–Trinajstić information content (AvgIpc) is 3.14. The number of sulfonamides is 1. The molecule has 0 aliphatic carbocycles. The topological polar surface area (TPSA) is 88.1 Å². The minimum Gasteiger partial charge on any atom is -0.247 e. The largest absolute Gasteiger partial charge is 0.347 e. The van der Waals surface area contributed by atoms with Crippen molar-refractivity contribution in [3.05, 3.63) is 76.0 Å². The van der Waals surface area contributed by atoms with Gasteiger partial charge in [-0.2, -0.15) is 9.40 Å². The van der Waals surface area contributed by atoms with Crippen molar-refractivity contribution in [1.29, 1.82) is 0 Å². The van der Waals surface area contributed by atoms with E-state index >= 15 is 0 Å². The fraction of sp³-hybridized carbons (Fsp3) is 0.391. The highest BCUT2D eigenvalue weighted by molar-refractivity contribution is 7.89. The Balaban J connectivity index is 1.46. The number of nitrogens with zero attached hydrogens (tertiary/aromatic N) is 3. The van der Waals surface area contributed by atoms with Gasteiger partial charge in [0.15, 0.2) is 0 Å². The Morgan fingerprint density at radius 1 is 1.06 bits per heavy atom. The van der Waals surface area contributed by atoms with E-state index in [-0.39, 0.29) is 11.6 Å². The Morgan fingerprint density at radius 3 is 2.39 bits per heavy atom. The number of hydrogen-bond donors (Lipinski definition) is 1. The Kier molecular flexibility index (Phi) is 6.11. The average molecular weight is 441 g/mol. The molecule has 7 nitrogen and oxygen atoms in total. The molecule has 3 aromatic rings. The predicted octanol–water partition coefficient (Wildman–Crippen LogP) is 3.07. The molecule has 0 spiro atoms. The van der Waals surface area contributed by atoms with Crippen molar-refractivity contribution in [1.82, 2.24) is 19.1 Å². The molecule has 0 unspecified atom stereocenters. The molecule has 1 aromatic heterocycles. The van der Waals surface area contributed by atoms with E-state index in [0.717, 1.165) is 36.1 Å². The van der Waals surface area contributed by atoms with Crippen molar-refractivity contribution in [2.24, 2.45) is 5.92 Å². The maximum absolute atomic E-state index is 13.0. The number of piperidine rings is 1. The molecule has 0 amide bonds. The summed E-state index contributed by atoms with van der Waals surface area (Å²) in [6, 6.07) is 14.9. The zero-order chi connectivity index (χ0) is 22.0. The first kappa shape index (κ1) is 21.5. The Hall–Kier alpha value is -2.71. The van der Waals surface area contributed by atoms with Gasteiger partial charge in [0.05, 0.1) is 10.6 Å². The fourth-order valence-electron chi connectivity index (χ4n) is 4.19. The number of aryl methyl sites for hydroxylation is 2. The maximum atomic E-state index is 13.0. The molecular formula is C23H28N4O3S. The first-order chi connectivity index (χ1) is 14.9. The molecular weight excluding hydrogens is 412 g/mol. The number of rotatable bonds is 6. The molecule has 31 heavy (non-hydrogen) atoms. The molecule has 0 bridgehead atoms. The standard InChI is InChI=1S/C23H28N4O3S/c1-3-18-8-10-20(11-9-18)31(29,30)26-14-12-19(13-15-26)16-22-24-25-23(28)27(22)21-7-5-4-6-17(21)2/h4-11,19H,3,12-16H2,1-2H3,(H,25,28). The summed E-state index contributed by atoms with van der Waals surface area (Å²) in [5, 5.41) is 6.82. The van der Waals surface area contributed by atoms with Gasteiger partial charge in [0.1, 0.15) is 5.82 Å². The van der Waals surface area contributed by atoms with Gasteiger partial charge in [0.2, 0.25) is 10.0 Å². The van der Waals surface area contributed by atoms with Gasteiger partial charge in [-0.15, -0.1) is 0 Å². The van der Waals surface area contributed by atoms with Crippen molar-refractivity contribution >= 4 is 10.0 Å². The lowest BCUT2D eigenvalue weighted by Crippen LogP contribution is -2.39. The van der Waals surface area contributed by atoms with Crippen LogP contribution in [-0.2, 0) is 22.9 Å². The zero-order valence-corrected chi connectivity index (χ0v) is 18.7. The normalized spacial score (nSPS) is 15.9. The van der Waals surface area contributed by atoms with E-state index in [0.29, 0.717) is 30.2 Å². The molecule has 1 saturated heterocycles. The van der Waals surface area contributed by atoms with Crippen LogP contribution in [0.5, 0.6) is 0 Å². The van der Waals surface area contributed by atoms with Gasteiger partial charge in [-0.3, -0.25) is 0 Å². The molecule has 0 radical (unpaired) electrons. The van der Waals surface area contributed by atoms with Crippen LogP contribution in [0, 0.1) is 12.8 Å². The number of hydrogen-bond acceptors (Lipinski definition) is 4. The summed E-state index contributed by atoms with van der Waals surface area (Å²) in [4.78, 5) is 12.7. The van der Waals surface area contributed by atoms with Crippen LogP contribution in [0.25, 0.3) is 5.69 Å². The SMILES string of the molecule is CCc1ccc(S(=O)(=O)N2CCC(Cc3n[nH]c(=O)n3-c3ccccc3C)CC2)cc1. The van der Waals surface area contributed by atoms with Crippen LogP contribution in [0.1, 0.15) is 36.7 Å². The van der Waals surface area contributed by atoms with Crippen LogP contribution in [0.15, 0.2) is 58.2 Å². The third-order valence-corrected chi connectivity index (χ3v) is 8.03. The van der Waals surface area contributed by atoms with E-state index in [1.54, 1.807) is 21.0 Å². The predicted molar refractivity (Wildman–Crippen MR) is 120 cm³/mol. The van der Waals surface area contributed by atoms with Crippen molar-refractivity contribution < 1.29 is 8.42 Å². The lowest BCUT2D eigenvalue weighted by atomic mass is 9.94. The van der Waals surface area contributed by atoms with Gasteiger partial charge < -0.3 is 0 Å². The lowest BCUT2D eigenvalue weighted by molar-refractivity contribution is 0.269. The van der Waals surface area contributed by atoms with Gasteiger partial charge in [0.25, 0.3) is 0 Å². The number of benzene rings is 2. The zero-order valence-electron chi connectivity index (χ0n) is 17.9. The first-order valence-electron chi connectivity index (χ1n) is 10.7. The smallest absolute Gasteiger partial charge is 0.247 e. The fourth-order valence-corrected chi connectivity index (χ4v) is 5.66. The molecule has 0 saturated carbocycles. The van der Waals surface area contributed by atoms with Crippen LogP contribution < -0.4 is 5.69 Å². The maximum Gasteiger partial charge on any atom is 0.347 e. The van der Waals surface area contributed by atoms with E-state index in [9.17, 15) is 13.2 Å². The summed E-state index contributed by atoms with van der Waals surface area (Å²) >= 11 is 0. The minimum absolute atomic E-state index is 0.250. The summed E-state index contributed by atoms with van der Waals surface area (Å²) in [5.41, 5.74) is 2.70. The summed E-state index contributed by atoms with van der Waals surface area (Å²) in [6.45, 7) is 4.96. The highest BCUT2D eigenvalue weighted by Crippen LogP contribution is 2.26. The summed E-state index contributed by atoms with van der Waals surface area (Å²) in [5.74, 6) is 0.961. The second-order valence-corrected chi connectivity index (χ2v) is 10.1. The molecule has 0 atom stereocenters. The van der Waals surface area contributed by atoms with Crippen molar-refractivity contribution in [2.75, 3.05) is 13.1 Å². The van der Waals surface area contributed by atoms with Crippen LogP contribution in [0.2, 0.25) is 0 Å². The summed E-state index contributed by atoms with van der Waals surface area (Å²) in [6.07, 6.45) is 2.99. The van der Waals surface area contributed by atoms with Gasteiger partial charge in [-0.1, -0.05) is 37.3 Å². The van der Waals surface area contributed by atoms with Crippen LogP contribution >= 0.6 is 0 Å². The Labute approximate surface area is 182 Å². The Morgan fingerprint density at radius 2 is 1.74 bits per heavy atom. The van der Waals surface area contributed by atoms with Crippen molar-refractivity contribution in [3.63, 3.8) is 0 Å². The number of H-pyrrole nitrogens is 1. The van der Waals surface area contributed by atoms with E-state index in [1.807, 2.05) is 50.2 Å². The van der Waals surface area contributed by atoms with Crippen molar-refractivity contribution in [3.8, 4) is 5.69 Å². The lowest BCUT2D eigenvalue weighted by Gasteiger charge is -2.31. The molecule has 1 aliphatic rings. The van der Waals surface area contributed by atoms with E-state index in [1.165, 1.54) is 0 Å². The van der Waals surface area contributed by atoms with Crippen molar-refractivity contribution in [2.45, 2.75) is 44.4 Å². The molecule has 2 heterocycles. The third-order valence-electron chi connectivity index (χ3n) is 6.11. The summed E-state index contributed by atoms with van der Waals surface area (Å²) < 4.78 is 29.2. The summed E-state index contributed by atoms with van der Waals surface area (Å²) in [7, 11) is -3.48. The van der Waals surface area contributed by atoms with E-state index in [4.69, 9.17) is 0 Å². The van der Waals surface area contributed by atoms with Crippen LogP contribution in [0.3, 0.4) is 0 Å². The molecule has 164 valence electrons. The second-order valence-electron chi connectivity index (χ2n) is 8.12. The monoisotopic (exact) mass is 440 g/mol. The number of para-hydroxylation sites is 1. The minimum atomic E-state index is -3.48. The quantitative estimate of drug-likeness (QED) is 0.638. The highest BCUT2D eigenvalue weighted by Gasteiger charge is 2.30. The van der Waals surface area contributed by atoms with Crippen LogP contribution in [0.4, 0.5) is 0 Å². The third kappa shape index (κ3) is 4.36. The highest BCUT2D eigenvalue weighted by atomic mass is 32.2. The Bertz CT molecular complexity index is 1200. The first-order valence-corrected chi connectivity index (χ1v) is 12.2. The van der Waals surface area contributed by atoms with Crippen LogP contribution in [-0.4, -0.2) is 40.6 Å². The van der Waals surface area contributed by atoms with E-state index in [2.05, 4.69) is 10.2 Å². The molecule has 1 aliphatic heterocycles. The molecule has 1 N–H and O–H groups in total. The number of aromatic nitrogens is 3. The second kappa shape index (κ2) is 8.80. The number of nitrogens with one attached hydrogen (secondary N) is 1. The molecule has 8 heteroatoms. The van der Waals surface area contributed by atoms with E-state index < -0.39 is 10.0 Å². The van der Waals surface area contributed by atoms with Gasteiger partial charge in [0, 0.05) is 19.5 Å². The van der Waals surface area contributed by atoms with Gasteiger partial charge >= 0.3 is 5.69 Å². The molecule has 1 fully saturated rings. The van der Waals surface area contributed by atoms with Gasteiger partial charge in [-0.25, -0.2) is 22.9 Å². The number of aromatic amines is 1. The van der Waals surface area contributed by atoms with Gasteiger partial charge in [-0.05, 0) is 61.4 Å². The molecule has 2 aromatic carbocycles.